The molecule has 0 fully saturated rings. The Morgan fingerprint density at radius 1 is 1.20 bits per heavy atom. The summed E-state index contributed by atoms with van der Waals surface area (Å²) in [5.41, 5.74) is 1.66. The van der Waals surface area contributed by atoms with Crippen molar-refractivity contribution in [1.29, 1.82) is 0 Å². The highest BCUT2D eigenvalue weighted by molar-refractivity contribution is 5.78. The first-order valence-electron chi connectivity index (χ1n) is 6.18. The summed E-state index contributed by atoms with van der Waals surface area (Å²) in [6.45, 7) is -0.0317. The maximum absolute atomic E-state index is 11.3. The molecule has 104 valence electrons. The number of methoxy groups -OCH3 is 1. The highest BCUT2D eigenvalue weighted by atomic mass is 16.5. The minimum Gasteiger partial charge on any atom is -0.483 e. The van der Waals surface area contributed by atoms with Crippen molar-refractivity contribution in [3.05, 3.63) is 42.6 Å². The van der Waals surface area contributed by atoms with Crippen molar-refractivity contribution in [3.63, 3.8) is 0 Å². The molecule has 5 heteroatoms. The fraction of sp³-hybridized carbons (Fsp3) is 0.200. The number of ether oxygens (including phenoxy) is 2. The van der Waals surface area contributed by atoms with Gasteiger partial charge < -0.3 is 14.8 Å². The summed E-state index contributed by atoms with van der Waals surface area (Å²) in [7, 11) is 3.14. The molecule has 0 saturated heterocycles. The monoisotopic (exact) mass is 272 g/mol. The second-order valence-electron chi connectivity index (χ2n) is 4.02. The van der Waals surface area contributed by atoms with Crippen molar-refractivity contribution in [2.24, 2.45) is 0 Å². The Labute approximate surface area is 117 Å². The van der Waals surface area contributed by atoms with Gasteiger partial charge in [0.05, 0.1) is 7.11 Å². The Balaban J connectivity index is 2.34. The predicted molar refractivity (Wildman–Crippen MR) is 75.8 cm³/mol. The van der Waals surface area contributed by atoms with E-state index in [-0.39, 0.29) is 12.5 Å². The molecule has 20 heavy (non-hydrogen) atoms. The van der Waals surface area contributed by atoms with E-state index in [4.69, 9.17) is 9.47 Å². The van der Waals surface area contributed by atoms with E-state index in [1.807, 2.05) is 36.4 Å². The van der Waals surface area contributed by atoms with Gasteiger partial charge >= 0.3 is 0 Å². The van der Waals surface area contributed by atoms with Gasteiger partial charge in [-0.05, 0) is 18.2 Å². The standard InChI is InChI=1S/C15H16N2O3/c1-16-14(18)10-20-13-8-4-3-6-11(13)12-7-5-9-17-15(12)19-2/h3-9H,10H2,1-2H3,(H,16,18). The fourth-order valence-corrected chi connectivity index (χ4v) is 1.79. The zero-order chi connectivity index (χ0) is 14.4. The summed E-state index contributed by atoms with van der Waals surface area (Å²) in [6, 6.07) is 11.2. The van der Waals surface area contributed by atoms with Crippen LogP contribution < -0.4 is 14.8 Å². The van der Waals surface area contributed by atoms with Crippen LogP contribution in [0, 0.1) is 0 Å². The minimum absolute atomic E-state index is 0.0317. The van der Waals surface area contributed by atoms with E-state index in [0.29, 0.717) is 11.6 Å². The molecule has 0 unspecified atom stereocenters. The average Bonchev–Trinajstić information content (AvgIpc) is 2.52. The third kappa shape index (κ3) is 3.06. The zero-order valence-corrected chi connectivity index (χ0v) is 11.4. The molecule has 5 nitrogen and oxygen atoms in total. The van der Waals surface area contributed by atoms with Gasteiger partial charge in [-0.1, -0.05) is 18.2 Å². The molecule has 0 radical (unpaired) electrons. The molecule has 2 aromatic rings. The van der Waals surface area contributed by atoms with Crippen molar-refractivity contribution in [2.45, 2.75) is 0 Å². The Morgan fingerprint density at radius 2 is 1.95 bits per heavy atom. The highest BCUT2D eigenvalue weighted by Crippen LogP contribution is 2.34. The summed E-state index contributed by atoms with van der Waals surface area (Å²) in [5.74, 6) is 0.948. The van der Waals surface area contributed by atoms with Crippen LogP contribution in [0.4, 0.5) is 0 Å². The SMILES string of the molecule is CNC(=O)COc1ccccc1-c1cccnc1OC. The number of hydrogen-bond acceptors (Lipinski definition) is 4. The van der Waals surface area contributed by atoms with Crippen LogP contribution in [-0.4, -0.2) is 31.7 Å². The van der Waals surface area contributed by atoms with Crippen molar-refractivity contribution >= 4 is 5.91 Å². The summed E-state index contributed by atoms with van der Waals surface area (Å²) in [4.78, 5) is 15.5. The van der Waals surface area contributed by atoms with Gasteiger partial charge in [0.25, 0.3) is 5.91 Å². The number of nitrogens with one attached hydrogen (secondary N) is 1. The molecule has 0 spiro atoms. The lowest BCUT2D eigenvalue weighted by molar-refractivity contribution is -0.122. The second-order valence-corrected chi connectivity index (χ2v) is 4.02. The van der Waals surface area contributed by atoms with Crippen LogP contribution >= 0.6 is 0 Å². The molecule has 0 saturated carbocycles. The number of rotatable bonds is 5. The van der Waals surface area contributed by atoms with Crippen LogP contribution in [-0.2, 0) is 4.79 Å². The third-order valence-electron chi connectivity index (χ3n) is 2.78. The lowest BCUT2D eigenvalue weighted by Gasteiger charge is -2.12. The van der Waals surface area contributed by atoms with E-state index >= 15 is 0 Å². The zero-order valence-electron chi connectivity index (χ0n) is 11.4. The topological polar surface area (TPSA) is 60.5 Å². The number of amides is 1. The molecular weight excluding hydrogens is 256 g/mol. The number of carbonyl (C=O) groups excluding carboxylic acids is 1. The highest BCUT2D eigenvalue weighted by Gasteiger charge is 2.12. The van der Waals surface area contributed by atoms with Gasteiger partial charge in [-0.2, -0.15) is 0 Å². The van der Waals surface area contributed by atoms with Gasteiger partial charge in [0.15, 0.2) is 6.61 Å². The molecule has 0 aliphatic rings. The van der Waals surface area contributed by atoms with E-state index in [0.717, 1.165) is 11.1 Å². The lowest BCUT2D eigenvalue weighted by Crippen LogP contribution is -2.24. The first-order valence-corrected chi connectivity index (χ1v) is 6.18. The van der Waals surface area contributed by atoms with Crippen molar-refractivity contribution < 1.29 is 14.3 Å². The molecule has 0 aliphatic heterocycles. The van der Waals surface area contributed by atoms with Crippen LogP contribution in [0.15, 0.2) is 42.6 Å². The number of likely N-dealkylation sites (N-methyl/N-ethyl adjacent to an activating group) is 1. The second kappa shape index (κ2) is 6.56. The van der Waals surface area contributed by atoms with E-state index in [1.54, 1.807) is 20.4 Å². The van der Waals surface area contributed by atoms with Gasteiger partial charge in [0, 0.05) is 24.4 Å². The van der Waals surface area contributed by atoms with Crippen LogP contribution in [0.3, 0.4) is 0 Å². The molecule has 0 bridgehead atoms. The summed E-state index contributed by atoms with van der Waals surface area (Å²) in [5, 5.41) is 2.52. The first-order chi connectivity index (χ1) is 9.76. The number of carbonyl (C=O) groups is 1. The summed E-state index contributed by atoms with van der Waals surface area (Å²) in [6.07, 6.45) is 1.66. The van der Waals surface area contributed by atoms with E-state index in [1.165, 1.54) is 0 Å². The molecule has 1 N–H and O–H groups in total. The quantitative estimate of drug-likeness (QED) is 0.902. The maximum atomic E-state index is 11.3. The van der Waals surface area contributed by atoms with E-state index in [9.17, 15) is 4.79 Å². The third-order valence-corrected chi connectivity index (χ3v) is 2.78. The van der Waals surface area contributed by atoms with Gasteiger partial charge in [0.1, 0.15) is 5.75 Å². The lowest BCUT2D eigenvalue weighted by atomic mass is 10.1. The van der Waals surface area contributed by atoms with Crippen molar-refractivity contribution in [2.75, 3.05) is 20.8 Å². The molecule has 0 atom stereocenters. The smallest absolute Gasteiger partial charge is 0.257 e. The number of nitrogens with zero attached hydrogens (tertiary/aromatic N) is 1. The largest absolute Gasteiger partial charge is 0.483 e. The average molecular weight is 272 g/mol. The van der Waals surface area contributed by atoms with Gasteiger partial charge in [0.2, 0.25) is 5.88 Å². The molecule has 1 aromatic heterocycles. The first kappa shape index (κ1) is 13.9. The van der Waals surface area contributed by atoms with Gasteiger partial charge in [-0.25, -0.2) is 4.98 Å². The maximum Gasteiger partial charge on any atom is 0.257 e. The molecule has 1 aromatic carbocycles. The number of aromatic nitrogens is 1. The summed E-state index contributed by atoms with van der Waals surface area (Å²) < 4.78 is 10.8. The normalized spacial score (nSPS) is 9.90. The number of pyridine rings is 1. The van der Waals surface area contributed by atoms with E-state index < -0.39 is 0 Å². The minimum atomic E-state index is -0.182. The van der Waals surface area contributed by atoms with Gasteiger partial charge in [-0.15, -0.1) is 0 Å². The van der Waals surface area contributed by atoms with Crippen LogP contribution in [0.25, 0.3) is 11.1 Å². The van der Waals surface area contributed by atoms with E-state index in [2.05, 4.69) is 10.3 Å². The predicted octanol–water partition coefficient (Wildman–Crippen LogP) is 1.88. The van der Waals surface area contributed by atoms with Gasteiger partial charge in [-0.3, -0.25) is 4.79 Å². The Kier molecular flexibility index (Phi) is 4.55. The number of para-hydroxylation sites is 1. The van der Waals surface area contributed by atoms with Crippen LogP contribution in [0.5, 0.6) is 11.6 Å². The van der Waals surface area contributed by atoms with Crippen molar-refractivity contribution in [1.82, 2.24) is 10.3 Å². The molecule has 0 aliphatic carbocycles. The Hall–Kier alpha value is -2.56. The molecule has 2 rings (SSSR count). The van der Waals surface area contributed by atoms with Crippen molar-refractivity contribution in [3.8, 4) is 22.8 Å². The molecular formula is C15H16N2O3. The van der Waals surface area contributed by atoms with Crippen LogP contribution in [0.2, 0.25) is 0 Å². The number of benzene rings is 1. The fourth-order valence-electron chi connectivity index (χ4n) is 1.79. The van der Waals surface area contributed by atoms with Crippen LogP contribution in [0.1, 0.15) is 0 Å². The molecule has 1 heterocycles. The number of hydrogen-bond donors (Lipinski definition) is 1. The Bertz CT molecular complexity index is 599. The summed E-state index contributed by atoms with van der Waals surface area (Å²) >= 11 is 0. The Morgan fingerprint density at radius 3 is 2.70 bits per heavy atom. The molecule has 1 amide bonds.